The number of ether oxygens (including phenoxy) is 1. The quantitative estimate of drug-likeness (QED) is 0.869. The molecular weight excluding hydrogens is 278 g/mol. The standard InChI is InChI=1S/C18H23NO3/c1-16(2)17(3)10-11-18(16,22-15(17)21)14(20)19-12-9-13-7-5-4-6-8-13/h4-8H,9-12H2,1-3H3,(H,19,20)/t17-,18-/m0/s1. The van der Waals surface area contributed by atoms with Gasteiger partial charge in [0.2, 0.25) is 0 Å². The van der Waals surface area contributed by atoms with Gasteiger partial charge < -0.3 is 10.1 Å². The van der Waals surface area contributed by atoms with Crippen molar-refractivity contribution in [1.29, 1.82) is 0 Å². The number of hydrogen-bond acceptors (Lipinski definition) is 3. The van der Waals surface area contributed by atoms with E-state index in [-0.39, 0.29) is 11.9 Å². The monoisotopic (exact) mass is 301 g/mol. The molecule has 1 saturated carbocycles. The first kappa shape index (κ1) is 15.1. The van der Waals surface area contributed by atoms with Gasteiger partial charge in [0.25, 0.3) is 5.91 Å². The fourth-order valence-corrected chi connectivity index (χ4v) is 3.85. The molecule has 1 amide bonds. The number of benzene rings is 1. The minimum absolute atomic E-state index is 0.150. The van der Waals surface area contributed by atoms with E-state index in [4.69, 9.17) is 4.74 Å². The van der Waals surface area contributed by atoms with Crippen LogP contribution in [0.2, 0.25) is 0 Å². The molecule has 3 rings (SSSR count). The lowest BCUT2D eigenvalue weighted by atomic mass is 9.66. The number of rotatable bonds is 4. The van der Waals surface area contributed by atoms with Crippen molar-refractivity contribution in [2.75, 3.05) is 6.54 Å². The van der Waals surface area contributed by atoms with Crippen LogP contribution in [0.3, 0.4) is 0 Å². The first-order chi connectivity index (χ1) is 10.3. The molecule has 0 aromatic heterocycles. The van der Waals surface area contributed by atoms with E-state index in [1.54, 1.807) is 0 Å². The van der Waals surface area contributed by atoms with E-state index >= 15 is 0 Å². The molecule has 4 heteroatoms. The van der Waals surface area contributed by atoms with Crippen LogP contribution in [0.1, 0.15) is 39.2 Å². The molecule has 2 bridgehead atoms. The Bertz CT molecular complexity index is 610. The topological polar surface area (TPSA) is 55.4 Å². The fraction of sp³-hybridized carbons (Fsp3) is 0.556. The first-order valence-electron chi connectivity index (χ1n) is 7.89. The Hall–Kier alpha value is -1.84. The first-order valence-corrected chi connectivity index (χ1v) is 7.89. The molecule has 1 aliphatic carbocycles. The van der Waals surface area contributed by atoms with Gasteiger partial charge in [-0.05, 0) is 31.7 Å². The van der Waals surface area contributed by atoms with Crippen molar-refractivity contribution < 1.29 is 14.3 Å². The molecule has 1 N–H and O–H groups in total. The summed E-state index contributed by atoms with van der Waals surface area (Å²) in [4.78, 5) is 24.9. The van der Waals surface area contributed by atoms with Gasteiger partial charge in [0, 0.05) is 12.0 Å². The lowest BCUT2D eigenvalue weighted by Gasteiger charge is -2.35. The molecule has 1 aliphatic heterocycles. The number of esters is 1. The summed E-state index contributed by atoms with van der Waals surface area (Å²) in [5.74, 6) is -0.384. The summed E-state index contributed by atoms with van der Waals surface area (Å²) in [6, 6.07) is 10.0. The smallest absolute Gasteiger partial charge is 0.313 e. The molecule has 2 fully saturated rings. The molecule has 0 radical (unpaired) electrons. The van der Waals surface area contributed by atoms with Gasteiger partial charge >= 0.3 is 5.97 Å². The van der Waals surface area contributed by atoms with Crippen LogP contribution in [-0.2, 0) is 20.7 Å². The van der Waals surface area contributed by atoms with E-state index in [2.05, 4.69) is 5.32 Å². The van der Waals surface area contributed by atoms with E-state index < -0.39 is 16.4 Å². The summed E-state index contributed by atoms with van der Waals surface area (Å²) in [7, 11) is 0. The number of carbonyl (C=O) groups is 2. The SMILES string of the molecule is CC1(C)[C@@]2(C)CC[C@@]1(C(=O)NCCc1ccccc1)OC2=O. The van der Waals surface area contributed by atoms with E-state index in [0.29, 0.717) is 19.4 Å². The second-order valence-corrected chi connectivity index (χ2v) is 7.17. The zero-order chi connectivity index (χ0) is 16.0. The van der Waals surface area contributed by atoms with Crippen molar-refractivity contribution in [2.45, 2.75) is 45.6 Å². The van der Waals surface area contributed by atoms with Crippen LogP contribution >= 0.6 is 0 Å². The van der Waals surface area contributed by atoms with Crippen LogP contribution in [0.25, 0.3) is 0 Å². The maximum atomic E-state index is 12.7. The molecule has 4 nitrogen and oxygen atoms in total. The van der Waals surface area contributed by atoms with Crippen molar-refractivity contribution >= 4 is 11.9 Å². The molecular formula is C18H23NO3. The Morgan fingerprint density at radius 3 is 2.41 bits per heavy atom. The second kappa shape index (κ2) is 4.83. The number of fused-ring (bicyclic) bond motifs is 2. The van der Waals surface area contributed by atoms with Crippen LogP contribution in [0.5, 0.6) is 0 Å². The summed E-state index contributed by atoms with van der Waals surface area (Å²) in [5, 5.41) is 2.97. The molecule has 2 atom stereocenters. The fourth-order valence-electron chi connectivity index (χ4n) is 3.85. The van der Waals surface area contributed by atoms with Crippen molar-refractivity contribution in [3.05, 3.63) is 35.9 Å². The van der Waals surface area contributed by atoms with Crippen molar-refractivity contribution in [3.63, 3.8) is 0 Å². The Morgan fingerprint density at radius 2 is 1.86 bits per heavy atom. The van der Waals surface area contributed by atoms with Crippen LogP contribution in [-0.4, -0.2) is 24.0 Å². The Kier molecular flexibility index (Phi) is 3.31. The minimum Gasteiger partial charge on any atom is -0.448 e. The average molecular weight is 301 g/mol. The molecule has 1 heterocycles. The predicted molar refractivity (Wildman–Crippen MR) is 83.1 cm³/mol. The molecule has 118 valence electrons. The van der Waals surface area contributed by atoms with E-state index in [1.165, 1.54) is 5.56 Å². The minimum atomic E-state index is -1.00. The predicted octanol–water partition coefficient (Wildman–Crippen LogP) is 2.47. The highest BCUT2D eigenvalue weighted by atomic mass is 16.6. The molecule has 0 unspecified atom stereocenters. The van der Waals surface area contributed by atoms with E-state index in [9.17, 15) is 9.59 Å². The van der Waals surface area contributed by atoms with Crippen LogP contribution in [0.15, 0.2) is 30.3 Å². The summed E-state index contributed by atoms with van der Waals surface area (Å²) in [5.41, 5.74) is -0.855. The second-order valence-electron chi connectivity index (χ2n) is 7.17. The summed E-state index contributed by atoms with van der Waals surface area (Å²) in [6.07, 6.45) is 2.10. The van der Waals surface area contributed by atoms with Gasteiger partial charge in [0.15, 0.2) is 5.60 Å². The van der Waals surface area contributed by atoms with Crippen LogP contribution in [0.4, 0.5) is 0 Å². The lowest BCUT2D eigenvalue weighted by Crippen LogP contribution is -2.53. The Balaban J connectivity index is 1.69. The van der Waals surface area contributed by atoms with Gasteiger partial charge in [-0.1, -0.05) is 44.2 Å². The zero-order valence-corrected chi connectivity index (χ0v) is 13.4. The van der Waals surface area contributed by atoms with Gasteiger partial charge in [0.05, 0.1) is 5.41 Å². The normalized spacial score (nSPS) is 31.9. The number of nitrogens with one attached hydrogen (secondary N) is 1. The summed E-state index contributed by atoms with van der Waals surface area (Å²) < 4.78 is 5.58. The summed E-state index contributed by atoms with van der Waals surface area (Å²) in [6.45, 7) is 6.42. The Morgan fingerprint density at radius 1 is 1.18 bits per heavy atom. The third kappa shape index (κ3) is 1.82. The van der Waals surface area contributed by atoms with Gasteiger partial charge in [-0.2, -0.15) is 0 Å². The molecule has 1 aromatic carbocycles. The van der Waals surface area contributed by atoms with E-state index in [0.717, 1.165) is 6.42 Å². The number of carbonyl (C=O) groups excluding carboxylic acids is 2. The van der Waals surface area contributed by atoms with Crippen molar-refractivity contribution in [3.8, 4) is 0 Å². The molecule has 1 saturated heterocycles. The van der Waals surface area contributed by atoms with Crippen molar-refractivity contribution in [2.24, 2.45) is 10.8 Å². The van der Waals surface area contributed by atoms with Crippen LogP contribution < -0.4 is 5.32 Å². The average Bonchev–Trinajstić information content (AvgIpc) is 2.78. The maximum Gasteiger partial charge on any atom is 0.313 e. The molecule has 1 aromatic rings. The summed E-state index contributed by atoms with van der Waals surface area (Å²) >= 11 is 0. The van der Waals surface area contributed by atoms with Gasteiger partial charge in [-0.15, -0.1) is 0 Å². The third-order valence-electron chi connectivity index (χ3n) is 5.99. The molecule has 2 aliphatic rings. The maximum absolute atomic E-state index is 12.7. The highest BCUT2D eigenvalue weighted by Crippen LogP contribution is 2.65. The van der Waals surface area contributed by atoms with Crippen molar-refractivity contribution in [1.82, 2.24) is 5.32 Å². The molecule has 0 spiro atoms. The van der Waals surface area contributed by atoms with Gasteiger partial charge in [0.1, 0.15) is 0 Å². The lowest BCUT2D eigenvalue weighted by molar-refractivity contribution is -0.168. The molecule has 22 heavy (non-hydrogen) atoms. The van der Waals surface area contributed by atoms with E-state index in [1.807, 2.05) is 51.1 Å². The van der Waals surface area contributed by atoms with Crippen LogP contribution in [0, 0.1) is 10.8 Å². The number of hydrogen-bond donors (Lipinski definition) is 1. The number of amides is 1. The Labute approximate surface area is 131 Å². The highest BCUT2D eigenvalue weighted by molar-refractivity contribution is 5.96. The highest BCUT2D eigenvalue weighted by Gasteiger charge is 2.75. The zero-order valence-electron chi connectivity index (χ0n) is 13.4. The third-order valence-corrected chi connectivity index (χ3v) is 5.99. The largest absolute Gasteiger partial charge is 0.448 e. The van der Waals surface area contributed by atoms with Gasteiger partial charge in [-0.3, -0.25) is 9.59 Å². The van der Waals surface area contributed by atoms with Gasteiger partial charge in [-0.25, -0.2) is 0 Å².